The average Bonchev–Trinajstić information content (AvgIpc) is 2.99. The summed E-state index contributed by atoms with van der Waals surface area (Å²) in [5.74, 6) is 0.787. The third kappa shape index (κ3) is 3.91. The molecule has 0 aliphatic carbocycles. The van der Waals surface area contributed by atoms with E-state index in [2.05, 4.69) is 27.5 Å². The lowest BCUT2D eigenvalue weighted by atomic mass is 10.0. The van der Waals surface area contributed by atoms with Crippen LogP contribution >= 0.6 is 0 Å². The first-order valence-corrected chi connectivity index (χ1v) is 7.66. The molecule has 2 unspecified atom stereocenters. The zero-order valence-corrected chi connectivity index (χ0v) is 13.0. The molecule has 1 aromatic rings. The van der Waals surface area contributed by atoms with E-state index in [0.29, 0.717) is 29.9 Å². The second kappa shape index (κ2) is 7.36. The average molecular weight is 292 g/mol. The molecule has 1 fully saturated rings. The summed E-state index contributed by atoms with van der Waals surface area (Å²) < 4.78 is 5.45. The summed E-state index contributed by atoms with van der Waals surface area (Å²) in [6, 6.07) is 0.469. The molecule has 2 atom stereocenters. The predicted octanol–water partition coefficient (Wildman–Crippen LogP) is 1.44. The SMILES string of the molecule is CCOc1nc(C)ncc1C(=O)NC(CC)C1CCCN1. The molecule has 1 aliphatic rings. The van der Waals surface area contributed by atoms with Gasteiger partial charge in [-0.1, -0.05) is 6.92 Å². The van der Waals surface area contributed by atoms with E-state index in [9.17, 15) is 4.79 Å². The first-order chi connectivity index (χ1) is 10.2. The summed E-state index contributed by atoms with van der Waals surface area (Å²) in [6.07, 6.45) is 4.69. The number of aryl methyl sites for hydroxylation is 1. The lowest BCUT2D eigenvalue weighted by Crippen LogP contribution is -2.47. The van der Waals surface area contributed by atoms with Crippen LogP contribution in [0.4, 0.5) is 0 Å². The molecule has 6 nitrogen and oxygen atoms in total. The van der Waals surface area contributed by atoms with E-state index in [-0.39, 0.29) is 11.9 Å². The summed E-state index contributed by atoms with van der Waals surface area (Å²) in [7, 11) is 0. The quantitative estimate of drug-likeness (QED) is 0.830. The zero-order valence-electron chi connectivity index (χ0n) is 13.0. The van der Waals surface area contributed by atoms with Crippen molar-refractivity contribution >= 4 is 5.91 Å². The van der Waals surface area contributed by atoms with Crippen LogP contribution in [0.2, 0.25) is 0 Å². The molecule has 2 N–H and O–H groups in total. The molecule has 0 spiro atoms. The molecule has 116 valence electrons. The number of nitrogens with one attached hydrogen (secondary N) is 2. The molecule has 1 saturated heterocycles. The minimum atomic E-state index is -0.168. The first kappa shape index (κ1) is 15.7. The van der Waals surface area contributed by atoms with Gasteiger partial charge in [-0.2, -0.15) is 4.98 Å². The maximum atomic E-state index is 12.5. The Bertz CT molecular complexity index is 487. The summed E-state index contributed by atoms with van der Waals surface area (Å²) in [5, 5.41) is 6.52. The summed E-state index contributed by atoms with van der Waals surface area (Å²) in [4.78, 5) is 20.8. The molecular weight excluding hydrogens is 268 g/mol. The van der Waals surface area contributed by atoms with Crippen LogP contribution in [0.3, 0.4) is 0 Å². The number of hydrogen-bond donors (Lipinski definition) is 2. The van der Waals surface area contributed by atoms with Crippen molar-refractivity contribution in [2.75, 3.05) is 13.2 Å². The second-order valence-electron chi connectivity index (χ2n) is 5.26. The molecule has 21 heavy (non-hydrogen) atoms. The van der Waals surface area contributed by atoms with Gasteiger partial charge in [0.25, 0.3) is 5.91 Å². The number of carbonyl (C=O) groups is 1. The topological polar surface area (TPSA) is 76.1 Å². The van der Waals surface area contributed by atoms with E-state index in [1.165, 1.54) is 6.20 Å². The highest BCUT2D eigenvalue weighted by molar-refractivity contribution is 5.96. The van der Waals surface area contributed by atoms with Gasteiger partial charge in [-0.05, 0) is 39.7 Å². The third-order valence-electron chi connectivity index (χ3n) is 3.74. The first-order valence-electron chi connectivity index (χ1n) is 7.66. The molecule has 6 heteroatoms. The van der Waals surface area contributed by atoms with Crippen LogP contribution in [0, 0.1) is 6.92 Å². The van der Waals surface area contributed by atoms with Gasteiger partial charge in [-0.25, -0.2) is 4.98 Å². The van der Waals surface area contributed by atoms with Crippen LogP contribution < -0.4 is 15.4 Å². The number of hydrogen-bond acceptors (Lipinski definition) is 5. The van der Waals surface area contributed by atoms with Crippen molar-refractivity contribution in [2.24, 2.45) is 0 Å². The Kier molecular flexibility index (Phi) is 5.50. The Hall–Kier alpha value is -1.69. The van der Waals surface area contributed by atoms with Crippen LogP contribution in [-0.4, -0.2) is 41.1 Å². The monoisotopic (exact) mass is 292 g/mol. The molecular formula is C15H24N4O2. The van der Waals surface area contributed by atoms with Crippen molar-refractivity contribution in [1.29, 1.82) is 0 Å². The number of nitrogens with zero attached hydrogens (tertiary/aromatic N) is 2. The second-order valence-corrected chi connectivity index (χ2v) is 5.26. The summed E-state index contributed by atoms with van der Waals surface area (Å²) >= 11 is 0. The maximum Gasteiger partial charge on any atom is 0.258 e. The van der Waals surface area contributed by atoms with E-state index in [4.69, 9.17) is 4.74 Å². The van der Waals surface area contributed by atoms with Crippen molar-refractivity contribution in [1.82, 2.24) is 20.6 Å². The Labute approximate surface area is 125 Å². The minimum Gasteiger partial charge on any atom is -0.477 e. The van der Waals surface area contributed by atoms with Gasteiger partial charge in [0, 0.05) is 18.3 Å². The molecule has 0 aromatic carbocycles. The van der Waals surface area contributed by atoms with Gasteiger partial charge in [0.1, 0.15) is 11.4 Å². The van der Waals surface area contributed by atoms with E-state index in [1.807, 2.05) is 6.92 Å². The molecule has 0 bridgehead atoms. The van der Waals surface area contributed by atoms with Crippen LogP contribution in [0.15, 0.2) is 6.20 Å². The highest BCUT2D eigenvalue weighted by atomic mass is 16.5. The number of aromatic nitrogens is 2. The molecule has 1 amide bonds. The molecule has 2 rings (SSSR count). The van der Waals surface area contributed by atoms with Crippen molar-refractivity contribution < 1.29 is 9.53 Å². The number of rotatable bonds is 6. The molecule has 1 aromatic heterocycles. The third-order valence-corrected chi connectivity index (χ3v) is 3.74. The van der Waals surface area contributed by atoms with Crippen molar-refractivity contribution in [3.63, 3.8) is 0 Å². The van der Waals surface area contributed by atoms with Crippen LogP contribution in [0.25, 0.3) is 0 Å². The Morgan fingerprint density at radius 1 is 1.57 bits per heavy atom. The number of ether oxygens (including phenoxy) is 1. The van der Waals surface area contributed by atoms with Crippen molar-refractivity contribution in [3.8, 4) is 5.88 Å². The summed E-state index contributed by atoms with van der Waals surface area (Å²) in [5.41, 5.74) is 0.402. The van der Waals surface area contributed by atoms with Crippen molar-refractivity contribution in [3.05, 3.63) is 17.6 Å². The summed E-state index contributed by atoms with van der Waals surface area (Å²) in [6.45, 7) is 7.23. The highest BCUT2D eigenvalue weighted by Crippen LogP contribution is 2.17. The van der Waals surface area contributed by atoms with Gasteiger partial charge in [0.15, 0.2) is 0 Å². The molecule has 2 heterocycles. The van der Waals surface area contributed by atoms with Gasteiger partial charge >= 0.3 is 0 Å². The van der Waals surface area contributed by atoms with E-state index < -0.39 is 0 Å². The zero-order chi connectivity index (χ0) is 15.2. The Balaban J connectivity index is 2.11. The van der Waals surface area contributed by atoms with E-state index in [0.717, 1.165) is 25.8 Å². The van der Waals surface area contributed by atoms with Crippen molar-refractivity contribution in [2.45, 2.75) is 52.1 Å². The fourth-order valence-corrected chi connectivity index (χ4v) is 2.64. The highest BCUT2D eigenvalue weighted by Gasteiger charge is 2.26. The number of carbonyl (C=O) groups excluding carboxylic acids is 1. The Morgan fingerprint density at radius 2 is 2.38 bits per heavy atom. The van der Waals surface area contributed by atoms with Gasteiger partial charge in [-0.3, -0.25) is 4.79 Å². The molecule has 0 radical (unpaired) electrons. The minimum absolute atomic E-state index is 0.121. The Morgan fingerprint density at radius 3 is 3.00 bits per heavy atom. The lowest BCUT2D eigenvalue weighted by Gasteiger charge is -2.24. The van der Waals surface area contributed by atoms with E-state index in [1.54, 1.807) is 6.92 Å². The lowest BCUT2D eigenvalue weighted by molar-refractivity contribution is 0.0922. The predicted molar refractivity (Wildman–Crippen MR) is 80.5 cm³/mol. The standard InChI is InChI=1S/C15H24N4O2/c1-4-12(13-7-6-8-16-13)19-14(20)11-9-17-10(3)18-15(11)21-5-2/h9,12-13,16H,4-8H2,1-3H3,(H,19,20). The van der Waals surface area contributed by atoms with Gasteiger partial charge < -0.3 is 15.4 Å². The van der Waals surface area contributed by atoms with Gasteiger partial charge in [-0.15, -0.1) is 0 Å². The van der Waals surface area contributed by atoms with E-state index >= 15 is 0 Å². The maximum absolute atomic E-state index is 12.5. The molecule has 1 aliphatic heterocycles. The largest absolute Gasteiger partial charge is 0.477 e. The van der Waals surface area contributed by atoms with Gasteiger partial charge in [0.05, 0.1) is 6.61 Å². The molecule has 0 saturated carbocycles. The number of amides is 1. The van der Waals surface area contributed by atoms with Crippen LogP contribution in [-0.2, 0) is 0 Å². The fourth-order valence-electron chi connectivity index (χ4n) is 2.64. The normalized spacial score (nSPS) is 19.3. The van der Waals surface area contributed by atoms with Crippen LogP contribution in [0.5, 0.6) is 5.88 Å². The van der Waals surface area contributed by atoms with Crippen LogP contribution in [0.1, 0.15) is 49.3 Å². The smallest absolute Gasteiger partial charge is 0.258 e. The van der Waals surface area contributed by atoms with Gasteiger partial charge in [0.2, 0.25) is 5.88 Å². The fraction of sp³-hybridized carbons (Fsp3) is 0.667.